The summed E-state index contributed by atoms with van der Waals surface area (Å²) in [5.74, 6) is 0.939. The molecule has 15 heavy (non-hydrogen) atoms. The van der Waals surface area contributed by atoms with Gasteiger partial charge in [0, 0.05) is 6.92 Å². The average molecular weight is 252 g/mol. The fourth-order valence-electron chi connectivity index (χ4n) is 1.64. The number of amides is 1. The monoisotopic (exact) mass is 251 g/mol. The fraction of sp³-hybridized carbons (Fsp3) is 0.700. The Bertz CT molecular complexity index is 285. The van der Waals surface area contributed by atoms with E-state index in [-0.39, 0.29) is 23.2 Å². The zero-order valence-electron chi connectivity index (χ0n) is 9.09. The lowest BCUT2D eigenvalue weighted by Crippen LogP contribution is -2.35. The number of carbonyl (C=O) groups is 1. The molecule has 1 aliphatic heterocycles. The normalized spacial score (nSPS) is 20.8. The predicted octanol–water partition coefficient (Wildman–Crippen LogP) is 2.88. The van der Waals surface area contributed by atoms with E-state index < -0.39 is 0 Å². The van der Waals surface area contributed by atoms with Crippen molar-refractivity contribution in [3.63, 3.8) is 0 Å². The number of hydrogen-bond donors (Lipinski definition) is 0. The van der Waals surface area contributed by atoms with Crippen LogP contribution >= 0.6 is 23.2 Å². The summed E-state index contributed by atoms with van der Waals surface area (Å²) in [6.07, 6.45) is 0.803. The molecule has 0 aliphatic carbocycles. The van der Waals surface area contributed by atoms with Crippen LogP contribution in [0.1, 0.15) is 27.2 Å². The maximum atomic E-state index is 11.3. The van der Waals surface area contributed by atoms with Gasteiger partial charge < -0.3 is 4.74 Å². The zero-order chi connectivity index (χ0) is 11.6. The number of hydrogen-bond acceptors (Lipinski definition) is 2. The van der Waals surface area contributed by atoms with Gasteiger partial charge in [-0.25, -0.2) is 0 Å². The molecule has 1 aliphatic rings. The van der Waals surface area contributed by atoms with Gasteiger partial charge in [0.05, 0.1) is 6.04 Å². The van der Waals surface area contributed by atoms with Gasteiger partial charge in [0.15, 0.2) is 12.5 Å². The minimum absolute atomic E-state index is 0.0229. The summed E-state index contributed by atoms with van der Waals surface area (Å²) in [4.78, 5) is 13.0. The van der Waals surface area contributed by atoms with Crippen LogP contribution in [0.15, 0.2) is 10.3 Å². The molecule has 1 heterocycles. The van der Waals surface area contributed by atoms with Crippen LogP contribution in [0.2, 0.25) is 0 Å². The lowest BCUT2D eigenvalue weighted by atomic mass is 10.0. The molecule has 0 aromatic rings. The van der Waals surface area contributed by atoms with Crippen LogP contribution in [0.4, 0.5) is 0 Å². The first-order valence-electron chi connectivity index (χ1n) is 4.88. The minimum Gasteiger partial charge on any atom is -0.473 e. The summed E-state index contributed by atoms with van der Waals surface area (Å²) < 4.78 is 5.44. The first kappa shape index (κ1) is 12.7. The molecule has 3 nitrogen and oxygen atoms in total. The molecular weight excluding hydrogens is 237 g/mol. The van der Waals surface area contributed by atoms with Crippen molar-refractivity contribution in [1.29, 1.82) is 0 Å². The third-order valence-electron chi connectivity index (χ3n) is 2.32. The Kier molecular flexibility index (Phi) is 4.29. The quantitative estimate of drug-likeness (QED) is 0.756. The van der Waals surface area contributed by atoms with Crippen molar-refractivity contribution in [2.45, 2.75) is 33.2 Å². The van der Waals surface area contributed by atoms with Crippen LogP contribution < -0.4 is 0 Å². The zero-order valence-corrected chi connectivity index (χ0v) is 10.6. The molecule has 0 spiro atoms. The lowest BCUT2D eigenvalue weighted by Gasteiger charge is -2.21. The van der Waals surface area contributed by atoms with Gasteiger partial charge in [-0.1, -0.05) is 37.0 Å². The third-order valence-corrected chi connectivity index (χ3v) is 2.70. The molecule has 1 fully saturated rings. The molecule has 0 aromatic carbocycles. The molecule has 0 saturated carbocycles. The van der Waals surface area contributed by atoms with E-state index in [0.717, 1.165) is 6.42 Å². The van der Waals surface area contributed by atoms with Crippen molar-refractivity contribution in [3.05, 3.63) is 10.3 Å². The standard InChI is InChI=1S/C10H15Cl2NO2/c1-6(2)4-8-9(10(11)12)15-5-13(8)7(3)14/h6,8H,4-5H2,1-3H3/t8-/m0/s1. The molecule has 0 N–H and O–H groups in total. The SMILES string of the molecule is CC(=O)N1COC(=C(Cl)Cl)[C@@H]1CC(C)C. The highest BCUT2D eigenvalue weighted by Crippen LogP contribution is 2.31. The van der Waals surface area contributed by atoms with Gasteiger partial charge in [0.1, 0.15) is 4.49 Å². The Balaban J connectivity index is 2.88. The molecular formula is C10H15Cl2NO2. The van der Waals surface area contributed by atoms with Crippen molar-refractivity contribution in [1.82, 2.24) is 4.90 Å². The summed E-state index contributed by atoms with van der Waals surface area (Å²) in [6.45, 7) is 5.92. The Morgan fingerprint density at radius 2 is 2.20 bits per heavy atom. The average Bonchev–Trinajstić information content (AvgIpc) is 2.46. The van der Waals surface area contributed by atoms with Gasteiger partial charge in [-0.3, -0.25) is 9.69 Å². The first-order valence-corrected chi connectivity index (χ1v) is 5.64. The Morgan fingerprint density at radius 3 is 2.60 bits per heavy atom. The Morgan fingerprint density at radius 1 is 1.60 bits per heavy atom. The van der Waals surface area contributed by atoms with Gasteiger partial charge in [0.2, 0.25) is 5.91 Å². The maximum absolute atomic E-state index is 11.3. The van der Waals surface area contributed by atoms with Crippen LogP contribution in [-0.2, 0) is 9.53 Å². The summed E-state index contributed by atoms with van der Waals surface area (Å²) >= 11 is 11.4. The topological polar surface area (TPSA) is 29.5 Å². The predicted molar refractivity (Wildman–Crippen MR) is 60.4 cm³/mol. The molecule has 0 aromatic heterocycles. The van der Waals surface area contributed by atoms with Gasteiger partial charge >= 0.3 is 0 Å². The molecule has 5 heteroatoms. The van der Waals surface area contributed by atoms with Crippen LogP contribution in [0, 0.1) is 5.92 Å². The van der Waals surface area contributed by atoms with E-state index in [1.807, 2.05) is 0 Å². The summed E-state index contributed by atoms with van der Waals surface area (Å²) in [7, 11) is 0. The largest absolute Gasteiger partial charge is 0.473 e. The van der Waals surface area contributed by atoms with Gasteiger partial charge in [-0.15, -0.1) is 0 Å². The van der Waals surface area contributed by atoms with Crippen molar-refractivity contribution >= 4 is 29.1 Å². The number of ether oxygens (including phenoxy) is 1. The van der Waals surface area contributed by atoms with E-state index in [1.165, 1.54) is 6.92 Å². The molecule has 0 unspecified atom stereocenters. The van der Waals surface area contributed by atoms with Crippen molar-refractivity contribution in [2.75, 3.05) is 6.73 Å². The smallest absolute Gasteiger partial charge is 0.222 e. The van der Waals surface area contributed by atoms with E-state index >= 15 is 0 Å². The van der Waals surface area contributed by atoms with E-state index in [4.69, 9.17) is 27.9 Å². The molecule has 1 saturated heterocycles. The Hall–Kier alpha value is -0.410. The van der Waals surface area contributed by atoms with Crippen LogP contribution in [0.5, 0.6) is 0 Å². The van der Waals surface area contributed by atoms with E-state index in [1.54, 1.807) is 4.90 Å². The number of halogens is 2. The molecule has 1 rings (SSSR count). The number of rotatable bonds is 2. The Labute approximate surface area is 100.0 Å². The minimum atomic E-state index is -0.118. The molecule has 1 amide bonds. The van der Waals surface area contributed by atoms with Gasteiger partial charge in [-0.2, -0.15) is 0 Å². The second-order valence-electron chi connectivity index (χ2n) is 4.03. The highest BCUT2D eigenvalue weighted by Gasteiger charge is 2.34. The van der Waals surface area contributed by atoms with E-state index in [2.05, 4.69) is 13.8 Å². The van der Waals surface area contributed by atoms with Gasteiger partial charge in [-0.05, 0) is 12.3 Å². The van der Waals surface area contributed by atoms with E-state index in [9.17, 15) is 4.79 Å². The second-order valence-corrected chi connectivity index (χ2v) is 4.98. The summed E-state index contributed by atoms with van der Waals surface area (Å²) in [5, 5.41) is 0. The fourth-order valence-corrected chi connectivity index (χ4v) is 2.00. The van der Waals surface area contributed by atoms with Crippen LogP contribution in [0.25, 0.3) is 0 Å². The maximum Gasteiger partial charge on any atom is 0.222 e. The van der Waals surface area contributed by atoms with Crippen molar-refractivity contribution in [3.8, 4) is 0 Å². The second kappa shape index (κ2) is 5.08. The van der Waals surface area contributed by atoms with Crippen LogP contribution in [0.3, 0.4) is 0 Å². The summed E-state index contributed by atoms with van der Waals surface area (Å²) in [5.41, 5.74) is 0. The lowest BCUT2D eigenvalue weighted by molar-refractivity contribution is -0.131. The number of carbonyl (C=O) groups excluding carboxylic acids is 1. The summed E-state index contributed by atoms with van der Waals surface area (Å²) in [6, 6.07) is -0.118. The highest BCUT2D eigenvalue weighted by atomic mass is 35.5. The molecule has 0 bridgehead atoms. The van der Waals surface area contributed by atoms with Crippen LogP contribution in [-0.4, -0.2) is 23.6 Å². The van der Waals surface area contributed by atoms with Crippen molar-refractivity contribution in [2.24, 2.45) is 5.92 Å². The van der Waals surface area contributed by atoms with Gasteiger partial charge in [0.25, 0.3) is 0 Å². The molecule has 0 radical (unpaired) electrons. The van der Waals surface area contributed by atoms with E-state index in [0.29, 0.717) is 11.7 Å². The number of nitrogens with zero attached hydrogens (tertiary/aromatic N) is 1. The third kappa shape index (κ3) is 3.02. The van der Waals surface area contributed by atoms with Crippen molar-refractivity contribution < 1.29 is 9.53 Å². The molecule has 86 valence electrons. The first-order chi connectivity index (χ1) is 6.93. The highest BCUT2D eigenvalue weighted by molar-refractivity contribution is 6.56. The molecule has 1 atom stereocenters.